The fraction of sp³-hybridized carbons (Fsp3) is 0.125. The molecule has 4 rings (SSSR count). The van der Waals surface area contributed by atoms with Crippen LogP contribution in [0, 0.1) is 13.8 Å². The van der Waals surface area contributed by atoms with Crippen molar-refractivity contribution >= 4 is 46.0 Å². The van der Waals surface area contributed by atoms with E-state index in [2.05, 4.69) is 20.6 Å². The fourth-order valence-corrected chi connectivity index (χ4v) is 3.90. The number of nitrogens with one attached hydrogen (secondary N) is 3. The number of aryl methyl sites for hydroxylation is 2. The van der Waals surface area contributed by atoms with Crippen LogP contribution in [0.25, 0.3) is 11.0 Å². The molecule has 0 fully saturated rings. The molecule has 0 atom stereocenters. The molecule has 156 valence electrons. The van der Waals surface area contributed by atoms with E-state index in [0.717, 1.165) is 27.8 Å². The van der Waals surface area contributed by atoms with E-state index in [-0.39, 0.29) is 17.6 Å². The second kappa shape index (κ2) is 9.06. The summed E-state index contributed by atoms with van der Waals surface area (Å²) in [5, 5.41) is 6.46. The van der Waals surface area contributed by atoms with Crippen LogP contribution in [-0.2, 0) is 4.79 Å². The average molecular weight is 431 g/mol. The number of anilines is 2. The van der Waals surface area contributed by atoms with Gasteiger partial charge in [0, 0.05) is 16.9 Å². The molecular weight excluding hydrogens is 408 g/mol. The molecule has 0 aliphatic carbocycles. The van der Waals surface area contributed by atoms with Gasteiger partial charge in [-0.15, -0.1) is 0 Å². The lowest BCUT2D eigenvalue weighted by Crippen LogP contribution is -2.16. The van der Waals surface area contributed by atoms with Crippen molar-refractivity contribution in [3.8, 4) is 0 Å². The zero-order valence-corrected chi connectivity index (χ0v) is 18.0. The quantitative estimate of drug-likeness (QED) is 0.369. The molecule has 7 heteroatoms. The molecule has 3 N–H and O–H groups in total. The van der Waals surface area contributed by atoms with Crippen molar-refractivity contribution in [2.75, 3.05) is 16.4 Å². The van der Waals surface area contributed by atoms with Crippen molar-refractivity contribution in [3.63, 3.8) is 0 Å². The SMILES string of the molecule is Cc1ccc(NC(=O)c2cccc(NC(=O)CSc3nc4ccccc4[nH]3)c2)c(C)c1. The summed E-state index contributed by atoms with van der Waals surface area (Å²) in [7, 11) is 0. The number of para-hydroxylation sites is 2. The van der Waals surface area contributed by atoms with E-state index in [1.54, 1.807) is 24.3 Å². The van der Waals surface area contributed by atoms with Gasteiger partial charge in [-0.1, -0.05) is 47.7 Å². The third-order valence-corrected chi connectivity index (χ3v) is 5.62. The van der Waals surface area contributed by atoms with Crippen LogP contribution in [0.4, 0.5) is 11.4 Å². The number of rotatable bonds is 6. The van der Waals surface area contributed by atoms with Crippen LogP contribution in [0.1, 0.15) is 21.5 Å². The molecule has 31 heavy (non-hydrogen) atoms. The number of thioether (sulfide) groups is 1. The highest BCUT2D eigenvalue weighted by Crippen LogP contribution is 2.21. The molecule has 1 heterocycles. The van der Waals surface area contributed by atoms with Gasteiger partial charge in [0.05, 0.1) is 16.8 Å². The Balaban J connectivity index is 1.37. The van der Waals surface area contributed by atoms with Crippen molar-refractivity contribution in [1.29, 1.82) is 0 Å². The van der Waals surface area contributed by atoms with Crippen LogP contribution in [0.2, 0.25) is 0 Å². The number of carbonyl (C=O) groups excluding carboxylic acids is 2. The third kappa shape index (κ3) is 5.13. The average Bonchev–Trinajstić information content (AvgIpc) is 3.17. The number of hydrogen-bond acceptors (Lipinski definition) is 4. The number of benzene rings is 3. The molecular formula is C24H22N4O2S. The van der Waals surface area contributed by atoms with Gasteiger partial charge in [-0.25, -0.2) is 4.98 Å². The van der Waals surface area contributed by atoms with E-state index in [1.807, 2.05) is 56.3 Å². The van der Waals surface area contributed by atoms with E-state index < -0.39 is 0 Å². The molecule has 0 spiro atoms. The van der Waals surface area contributed by atoms with Gasteiger partial charge >= 0.3 is 0 Å². The van der Waals surface area contributed by atoms with E-state index in [9.17, 15) is 9.59 Å². The van der Waals surface area contributed by atoms with Gasteiger partial charge in [-0.3, -0.25) is 9.59 Å². The molecule has 1 aromatic heterocycles. The highest BCUT2D eigenvalue weighted by Gasteiger charge is 2.11. The Morgan fingerprint density at radius 2 is 1.81 bits per heavy atom. The maximum Gasteiger partial charge on any atom is 0.255 e. The Morgan fingerprint density at radius 3 is 2.61 bits per heavy atom. The van der Waals surface area contributed by atoms with E-state index in [1.165, 1.54) is 11.8 Å². The summed E-state index contributed by atoms with van der Waals surface area (Å²) < 4.78 is 0. The molecule has 0 saturated heterocycles. The van der Waals surface area contributed by atoms with Crippen LogP contribution in [0.15, 0.2) is 71.9 Å². The van der Waals surface area contributed by atoms with Gasteiger partial charge in [0.25, 0.3) is 5.91 Å². The lowest BCUT2D eigenvalue weighted by molar-refractivity contribution is -0.113. The number of amides is 2. The summed E-state index contributed by atoms with van der Waals surface area (Å²) in [4.78, 5) is 32.7. The lowest BCUT2D eigenvalue weighted by Gasteiger charge is -2.10. The summed E-state index contributed by atoms with van der Waals surface area (Å²) in [5.74, 6) is -0.184. The minimum atomic E-state index is -0.222. The highest BCUT2D eigenvalue weighted by atomic mass is 32.2. The minimum Gasteiger partial charge on any atom is -0.333 e. The molecule has 3 aromatic carbocycles. The zero-order valence-electron chi connectivity index (χ0n) is 17.2. The first-order chi connectivity index (χ1) is 15.0. The molecule has 0 bridgehead atoms. The topological polar surface area (TPSA) is 86.9 Å². The Hall–Kier alpha value is -3.58. The maximum atomic E-state index is 12.6. The first-order valence-electron chi connectivity index (χ1n) is 9.84. The smallest absolute Gasteiger partial charge is 0.255 e. The maximum absolute atomic E-state index is 12.6. The first-order valence-corrected chi connectivity index (χ1v) is 10.8. The van der Waals surface area contributed by atoms with Gasteiger partial charge in [-0.2, -0.15) is 0 Å². The molecule has 0 aliphatic heterocycles. The standard InChI is InChI=1S/C24H22N4O2S/c1-15-10-11-19(16(2)12-15)26-23(30)17-6-5-7-18(13-17)25-22(29)14-31-24-27-20-8-3-4-9-21(20)28-24/h3-13H,14H2,1-2H3,(H,25,29)(H,26,30)(H,27,28). The van der Waals surface area contributed by atoms with Crippen LogP contribution < -0.4 is 10.6 Å². The summed E-state index contributed by atoms with van der Waals surface area (Å²) >= 11 is 1.33. The van der Waals surface area contributed by atoms with Gasteiger partial charge in [0.15, 0.2) is 5.16 Å². The van der Waals surface area contributed by atoms with Crippen LogP contribution >= 0.6 is 11.8 Å². The number of imidazole rings is 1. The van der Waals surface area contributed by atoms with Crippen molar-refractivity contribution in [2.24, 2.45) is 0 Å². The summed E-state index contributed by atoms with van der Waals surface area (Å²) in [6.45, 7) is 3.97. The van der Waals surface area contributed by atoms with Crippen molar-refractivity contribution in [2.45, 2.75) is 19.0 Å². The lowest BCUT2D eigenvalue weighted by atomic mass is 10.1. The summed E-state index contributed by atoms with van der Waals surface area (Å²) in [6, 6.07) is 20.5. The highest BCUT2D eigenvalue weighted by molar-refractivity contribution is 7.99. The minimum absolute atomic E-state index is 0.169. The number of hydrogen-bond donors (Lipinski definition) is 3. The van der Waals surface area contributed by atoms with Gasteiger partial charge in [0.1, 0.15) is 0 Å². The number of nitrogens with zero attached hydrogens (tertiary/aromatic N) is 1. The number of H-pyrrole nitrogens is 1. The van der Waals surface area contributed by atoms with Crippen LogP contribution in [0.5, 0.6) is 0 Å². The van der Waals surface area contributed by atoms with Gasteiger partial charge in [0.2, 0.25) is 5.91 Å². The van der Waals surface area contributed by atoms with Crippen LogP contribution in [-0.4, -0.2) is 27.5 Å². The third-order valence-electron chi connectivity index (χ3n) is 4.75. The molecule has 0 unspecified atom stereocenters. The molecule has 0 saturated carbocycles. The number of aromatic nitrogens is 2. The van der Waals surface area contributed by atoms with Crippen LogP contribution in [0.3, 0.4) is 0 Å². The Kier molecular flexibility index (Phi) is 6.04. The predicted molar refractivity (Wildman–Crippen MR) is 126 cm³/mol. The second-order valence-corrected chi connectivity index (χ2v) is 8.21. The van der Waals surface area contributed by atoms with E-state index >= 15 is 0 Å². The van der Waals surface area contributed by atoms with Crippen molar-refractivity contribution in [3.05, 3.63) is 83.4 Å². The Morgan fingerprint density at radius 1 is 0.968 bits per heavy atom. The molecule has 4 aromatic rings. The van der Waals surface area contributed by atoms with E-state index in [4.69, 9.17) is 0 Å². The number of aromatic amines is 1. The Bertz CT molecular complexity index is 1230. The van der Waals surface area contributed by atoms with Gasteiger partial charge in [-0.05, 0) is 55.8 Å². The number of fused-ring (bicyclic) bond motifs is 1. The Labute approximate surface area is 184 Å². The van der Waals surface area contributed by atoms with Crippen molar-refractivity contribution in [1.82, 2.24) is 9.97 Å². The predicted octanol–water partition coefficient (Wildman–Crippen LogP) is 5.16. The van der Waals surface area contributed by atoms with Crippen molar-refractivity contribution < 1.29 is 9.59 Å². The zero-order chi connectivity index (χ0) is 21.8. The number of carbonyl (C=O) groups is 2. The molecule has 6 nitrogen and oxygen atoms in total. The summed E-state index contributed by atoms with van der Waals surface area (Å²) in [5.41, 5.74) is 5.76. The summed E-state index contributed by atoms with van der Waals surface area (Å²) in [6.07, 6.45) is 0. The molecule has 0 aliphatic rings. The first kappa shape index (κ1) is 20.7. The molecule has 0 radical (unpaired) electrons. The normalized spacial score (nSPS) is 10.8. The van der Waals surface area contributed by atoms with E-state index in [0.29, 0.717) is 16.4 Å². The second-order valence-electron chi connectivity index (χ2n) is 7.25. The van der Waals surface area contributed by atoms with Gasteiger partial charge < -0.3 is 15.6 Å². The fourth-order valence-electron chi connectivity index (χ4n) is 3.22. The molecule has 2 amide bonds. The monoisotopic (exact) mass is 430 g/mol. The largest absolute Gasteiger partial charge is 0.333 e.